The largest absolute Gasteiger partial charge is 0.296 e. The first-order valence-corrected chi connectivity index (χ1v) is 8.40. The van der Waals surface area contributed by atoms with Crippen LogP contribution in [-0.4, -0.2) is 16.1 Å². The molecule has 1 N–H and O–H groups in total. The van der Waals surface area contributed by atoms with Crippen molar-refractivity contribution < 1.29 is 4.79 Å². The second-order valence-electron chi connectivity index (χ2n) is 4.60. The SMILES string of the molecule is CCC[C@H](C)c1nnc(NC(=O)c2cccc(I)c2)s1. The zero-order valence-electron chi connectivity index (χ0n) is 11.4. The molecule has 4 nitrogen and oxygen atoms in total. The van der Waals surface area contributed by atoms with E-state index in [0.29, 0.717) is 16.6 Å². The van der Waals surface area contributed by atoms with Crippen molar-refractivity contribution in [1.29, 1.82) is 0 Å². The number of rotatable bonds is 5. The van der Waals surface area contributed by atoms with E-state index in [2.05, 4.69) is 52.0 Å². The van der Waals surface area contributed by atoms with Crippen LogP contribution in [0.25, 0.3) is 0 Å². The van der Waals surface area contributed by atoms with Gasteiger partial charge in [-0.1, -0.05) is 37.7 Å². The third-order valence-electron chi connectivity index (χ3n) is 2.89. The van der Waals surface area contributed by atoms with Crippen LogP contribution in [0.2, 0.25) is 0 Å². The summed E-state index contributed by atoms with van der Waals surface area (Å²) in [5, 5.41) is 12.5. The molecule has 0 unspecified atom stereocenters. The molecule has 0 bridgehead atoms. The van der Waals surface area contributed by atoms with Gasteiger partial charge in [0.15, 0.2) is 0 Å². The summed E-state index contributed by atoms with van der Waals surface area (Å²) in [6.07, 6.45) is 2.20. The van der Waals surface area contributed by atoms with Gasteiger partial charge in [0, 0.05) is 15.1 Å². The van der Waals surface area contributed by atoms with Crippen molar-refractivity contribution in [3.8, 4) is 0 Å². The molecular weight excluding hydrogens is 385 g/mol. The fourth-order valence-corrected chi connectivity index (χ4v) is 3.21. The quantitative estimate of drug-likeness (QED) is 0.761. The molecule has 0 fully saturated rings. The zero-order valence-corrected chi connectivity index (χ0v) is 14.4. The van der Waals surface area contributed by atoms with Crippen LogP contribution in [0.4, 0.5) is 5.13 Å². The first-order valence-electron chi connectivity index (χ1n) is 6.50. The highest BCUT2D eigenvalue weighted by Crippen LogP contribution is 2.26. The number of amides is 1. The van der Waals surface area contributed by atoms with Crippen molar-refractivity contribution >= 4 is 45.0 Å². The van der Waals surface area contributed by atoms with Crippen LogP contribution < -0.4 is 5.32 Å². The number of nitrogens with zero attached hydrogens (tertiary/aromatic N) is 2. The molecule has 20 heavy (non-hydrogen) atoms. The molecule has 1 amide bonds. The Morgan fingerprint density at radius 2 is 2.25 bits per heavy atom. The molecule has 0 spiro atoms. The maximum atomic E-state index is 12.1. The van der Waals surface area contributed by atoms with Gasteiger partial charge in [-0.05, 0) is 47.2 Å². The van der Waals surface area contributed by atoms with Gasteiger partial charge in [-0.25, -0.2) is 0 Å². The molecule has 0 aliphatic rings. The minimum Gasteiger partial charge on any atom is -0.296 e. The molecule has 0 saturated heterocycles. The average Bonchev–Trinajstić information content (AvgIpc) is 2.87. The number of carbonyl (C=O) groups excluding carboxylic acids is 1. The van der Waals surface area contributed by atoms with Crippen LogP contribution in [0.1, 0.15) is 48.0 Å². The van der Waals surface area contributed by atoms with Crippen molar-refractivity contribution in [2.24, 2.45) is 0 Å². The Bertz CT molecular complexity index is 600. The van der Waals surface area contributed by atoms with Crippen LogP contribution in [0.3, 0.4) is 0 Å². The number of halogens is 1. The monoisotopic (exact) mass is 401 g/mol. The molecule has 1 aromatic carbocycles. The molecule has 0 aliphatic carbocycles. The van der Waals surface area contributed by atoms with Crippen molar-refractivity contribution in [3.63, 3.8) is 0 Å². The maximum absolute atomic E-state index is 12.1. The lowest BCUT2D eigenvalue weighted by Crippen LogP contribution is -2.11. The predicted octanol–water partition coefficient (Wildman–Crippen LogP) is 4.30. The van der Waals surface area contributed by atoms with Crippen LogP contribution in [0.5, 0.6) is 0 Å². The Labute approximate surface area is 136 Å². The molecule has 2 aromatic rings. The highest BCUT2D eigenvalue weighted by atomic mass is 127. The summed E-state index contributed by atoms with van der Waals surface area (Å²) in [6.45, 7) is 4.28. The summed E-state index contributed by atoms with van der Waals surface area (Å²) in [5.41, 5.74) is 0.634. The summed E-state index contributed by atoms with van der Waals surface area (Å²) in [7, 11) is 0. The van der Waals surface area contributed by atoms with Gasteiger partial charge >= 0.3 is 0 Å². The second-order valence-corrected chi connectivity index (χ2v) is 6.85. The number of hydrogen-bond donors (Lipinski definition) is 1. The Balaban J connectivity index is 2.05. The summed E-state index contributed by atoms with van der Waals surface area (Å²) in [4.78, 5) is 12.1. The van der Waals surface area contributed by atoms with E-state index in [1.165, 1.54) is 11.3 Å². The van der Waals surface area contributed by atoms with Crippen molar-refractivity contribution in [2.75, 3.05) is 5.32 Å². The van der Waals surface area contributed by atoms with E-state index in [0.717, 1.165) is 21.4 Å². The number of benzene rings is 1. The van der Waals surface area contributed by atoms with E-state index >= 15 is 0 Å². The summed E-state index contributed by atoms with van der Waals surface area (Å²) in [5.74, 6) is 0.246. The van der Waals surface area contributed by atoms with Gasteiger partial charge in [-0.2, -0.15) is 0 Å². The molecule has 2 rings (SSSR count). The topological polar surface area (TPSA) is 54.9 Å². The lowest BCUT2D eigenvalue weighted by Gasteiger charge is -2.03. The molecule has 0 aliphatic heterocycles. The number of hydrogen-bond acceptors (Lipinski definition) is 4. The van der Waals surface area contributed by atoms with E-state index in [9.17, 15) is 4.79 Å². The van der Waals surface area contributed by atoms with E-state index in [1.807, 2.05) is 18.2 Å². The van der Waals surface area contributed by atoms with E-state index < -0.39 is 0 Å². The van der Waals surface area contributed by atoms with E-state index in [4.69, 9.17) is 0 Å². The van der Waals surface area contributed by atoms with Crippen LogP contribution in [-0.2, 0) is 0 Å². The van der Waals surface area contributed by atoms with Crippen LogP contribution in [0, 0.1) is 3.57 Å². The lowest BCUT2D eigenvalue weighted by molar-refractivity contribution is 0.102. The van der Waals surface area contributed by atoms with Crippen molar-refractivity contribution in [3.05, 3.63) is 38.4 Å². The smallest absolute Gasteiger partial charge is 0.257 e. The highest BCUT2D eigenvalue weighted by Gasteiger charge is 2.13. The first-order chi connectivity index (χ1) is 9.60. The third-order valence-corrected chi connectivity index (χ3v) is 4.63. The van der Waals surface area contributed by atoms with Gasteiger partial charge in [-0.15, -0.1) is 10.2 Å². The Hall–Kier alpha value is -1.02. The normalized spacial score (nSPS) is 12.2. The second kappa shape index (κ2) is 7.12. The molecule has 106 valence electrons. The van der Waals surface area contributed by atoms with Crippen molar-refractivity contribution in [1.82, 2.24) is 10.2 Å². The Kier molecular flexibility index (Phi) is 5.47. The molecule has 1 aromatic heterocycles. The Morgan fingerprint density at radius 3 is 2.95 bits per heavy atom. The molecule has 0 radical (unpaired) electrons. The van der Waals surface area contributed by atoms with Gasteiger partial charge in [-0.3, -0.25) is 10.1 Å². The number of carbonyl (C=O) groups is 1. The van der Waals surface area contributed by atoms with Crippen molar-refractivity contribution in [2.45, 2.75) is 32.6 Å². The fraction of sp³-hybridized carbons (Fsp3) is 0.357. The third kappa shape index (κ3) is 3.99. The van der Waals surface area contributed by atoms with E-state index in [-0.39, 0.29) is 5.91 Å². The minimum atomic E-state index is -0.144. The highest BCUT2D eigenvalue weighted by molar-refractivity contribution is 14.1. The summed E-state index contributed by atoms with van der Waals surface area (Å²) < 4.78 is 1.03. The predicted molar refractivity (Wildman–Crippen MR) is 90.3 cm³/mol. The molecule has 0 saturated carbocycles. The maximum Gasteiger partial charge on any atom is 0.257 e. The van der Waals surface area contributed by atoms with Gasteiger partial charge in [0.25, 0.3) is 5.91 Å². The average molecular weight is 401 g/mol. The summed E-state index contributed by atoms with van der Waals surface area (Å²) in [6, 6.07) is 7.45. The lowest BCUT2D eigenvalue weighted by atomic mass is 10.1. The van der Waals surface area contributed by atoms with Crippen LogP contribution in [0.15, 0.2) is 24.3 Å². The number of nitrogens with one attached hydrogen (secondary N) is 1. The minimum absolute atomic E-state index is 0.144. The van der Waals surface area contributed by atoms with E-state index in [1.54, 1.807) is 6.07 Å². The fourth-order valence-electron chi connectivity index (χ4n) is 1.84. The Morgan fingerprint density at radius 1 is 1.45 bits per heavy atom. The zero-order chi connectivity index (χ0) is 14.5. The standard InChI is InChI=1S/C14H16IN3OS/c1-3-5-9(2)13-17-18-14(20-13)16-12(19)10-6-4-7-11(15)8-10/h4,6-9H,3,5H2,1-2H3,(H,16,18,19)/t9-/m0/s1. The van der Waals surface area contributed by atoms with Gasteiger partial charge in [0.05, 0.1) is 0 Å². The molecule has 1 heterocycles. The molecule has 1 atom stereocenters. The number of aromatic nitrogens is 2. The van der Waals surface area contributed by atoms with Gasteiger partial charge in [0.2, 0.25) is 5.13 Å². The number of anilines is 1. The summed E-state index contributed by atoms with van der Waals surface area (Å²) >= 11 is 3.64. The van der Waals surface area contributed by atoms with Crippen LogP contribution >= 0.6 is 33.9 Å². The molecular formula is C14H16IN3OS. The molecule has 6 heteroatoms. The van der Waals surface area contributed by atoms with Gasteiger partial charge in [0.1, 0.15) is 5.01 Å². The first kappa shape index (κ1) is 15.4. The van der Waals surface area contributed by atoms with Gasteiger partial charge < -0.3 is 0 Å².